The number of fused-ring (bicyclic) bond motifs is 1. The molecule has 2 aromatic carbocycles. The highest BCUT2D eigenvalue weighted by atomic mass is 19.1. The molecule has 1 saturated heterocycles. The van der Waals surface area contributed by atoms with Gasteiger partial charge in [-0.05, 0) is 73.9 Å². The van der Waals surface area contributed by atoms with Gasteiger partial charge in [-0.15, -0.1) is 0 Å². The topological polar surface area (TPSA) is 77.6 Å². The van der Waals surface area contributed by atoms with Crippen LogP contribution in [0, 0.1) is 30.4 Å². The van der Waals surface area contributed by atoms with Gasteiger partial charge < -0.3 is 10.3 Å². The molecule has 1 aliphatic heterocycles. The normalized spacial score (nSPS) is 22.6. The van der Waals surface area contributed by atoms with E-state index in [-0.39, 0.29) is 11.8 Å². The lowest BCUT2D eigenvalue weighted by Crippen LogP contribution is -2.37. The highest BCUT2D eigenvalue weighted by molar-refractivity contribution is 5.97. The number of halogens is 2. The maximum atomic E-state index is 13.7. The number of carbonyl (C=O) groups excluding carboxylic acids is 2. The number of amides is 2. The maximum Gasteiger partial charge on any atom is 0.249 e. The first kappa shape index (κ1) is 23.5. The number of nitrogens with zero attached hydrogens (tertiary/aromatic N) is 2. The molecule has 1 aliphatic carbocycles. The standard InChI is InChI=1S/C27H29F2N3O3/c1-16-14-31(25-12-19(26(30)33)6-7-23(16)25)15-17-2-4-18(5-3-17)27(34)32-24(8-9-35-32)20-10-21(28)13-22(29)11-20/h6-7,10-14,17-18,24H,2-5,8-9,15H2,1H3,(H2,30,33)/t17?,18?,24-/m0/s1. The molecule has 0 spiro atoms. The summed E-state index contributed by atoms with van der Waals surface area (Å²) in [5.41, 5.74) is 8.52. The quantitative estimate of drug-likeness (QED) is 0.555. The van der Waals surface area contributed by atoms with Crippen LogP contribution in [0.15, 0.2) is 42.6 Å². The van der Waals surface area contributed by atoms with Crippen molar-refractivity contribution >= 4 is 22.7 Å². The summed E-state index contributed by atoms with van der Waals surface area (Å²) >= 11 is 0. The van der Waals surface area contributed by atoms with Gasteiger partial charge in [0.05, 0.1) is 12.6 Å². The minimum Gasteiger partial charge on any atom is -0.366 e. The Kier molecular flexibility index (Phi) is 6.32. The smallest absolute Gasteiger partial charge is 0.249 e. The average Bonchev–Trinajstić information content (AvgIpc) is 3.43. The summed E-state index contributed by atoms with van der Waals surface area (Å²) in [5, 5.41) is 2.44. The number of aryl methyl sites for hydroxylation is 1. The monoisotopic (exact) mass is 481 g/mol. The molecule has 5 rings (SSSR count). The number of hydrogen-bond acceptors (Lipinski definition) is 3. The summed E-state index contributed by atoms with van der Waals surface area (Å²) in [6.45, 7) is 3.20. The number of nitrogens with two attached hydrogens (primary N) is 1. The molecular formula is C27H29F2N3O3. The number of hydrogen-bond donors (Lipinski definition) is 1. The highest BCUT2D eigenvalue weighted by Crippen LogP contribution is 2.37. The molecule has 1 saturated carbocycles. The lowest BCUT2D eigenvalue weighted by molar-refractivity contribution is -0.183. The molecule has 0 unspecified atom stereocenters. The van der Waals surface area contributed by atoms with Crippen LogP contribution in [0.4, 0.5) is 8.78 Å². The van der Waals surface area contributed by atoms with E-state index in [0.717, 1.165) is 54.8 Å². The summed E-state index contributed by atoms with van der Waals surface area (Å²) in [7, 11) is 0. The van der Waals surface area contributed by atoms with Crippen LogP contribution < -0.4 is 5.73 Å². The van der Waals surface area contributed by atoms with E-state index >= 15 is 0 Å². The largest absolute Gasteiger partial charge is 0.366 e. The third-order valence-corrected chi connectivity index (χ3v) is 7.41. The number of benzene rings is 2. The lowest BCUT2D eigenvalue weighted by atomic mass is 9.81. The minimum absolute atomic E-state index is 0.107. The van der Waals surface area contributed by atoms with Gasteiger partial charge in [0.25, 0.3) is 0 Å². The van der Waals surface area contributed by atoms with Crippen LogP contribution in [0.1, 0.15) is 59.6 Å². The van der Waals surface area contributed by atoms with Gasteiger partial charge in [0, 0.05) is 47.6 Å². The highest BCUT2D eigenvalue weighted by Gasteiger charge is 2.37. The fourth-order valence-electron chi connectivity index (χ4n) is 5.59. The van der Waals surface area contributed by atoms with Gasteiger partial charge in [-0.3, -0.25) is 14.4 Å². The molecule has 35 heavy (non-hydrogen) atoms. The molecule has 2 fully saturated rings. The summed E-state index contributed by atoms with van der Waals surface area (Å²) in [5.74, 6) is -1.64. The number of carbonyl (C=O) groups is 2. The van der Waals surface area contributed by atoms with Crippen molar-refractivity contribution in [3.05, 3.63) is 70.9 Å². The molecule has 3 aromatic rings. The van der Waals surface area contributed by atoms with E-state index < -0.39 is 23.6 Å². The Morgan fingerprint density at radius 2 is 1.74 bits per heavy atom. The molecule has 6 nitrogen and oxygen atoms in total. The average molecular weight is 482 g/mol. The van der Waals surface area contributed by atoms with E-state index in [1.165, 1.54) is 17.2 Å². The van der Waals surface area contributed by atoms with Gasteiger partial charge in [-0.25, -0.2) is 13.8 Å². The third-order valence-electron chi connectivity index (χ3n) is 7.41. The van der Waals surface area contributed by atoms with Crippen molar-refractivity contribution in [2.24, 2.45) is 17.6 Å². The molecule has 2 heterocycles. The molecule has 1 atom stereocenters. The van der Waals surface area contributed by atoms with Crippen LogP contribution in [-0.4, -0.2) is 28.1 Å². The summed E-state index contributed by atoms with van der Waals surface area (Å²) in [6.07, 6.45) is 5.86. The van der Waals surface area contributed by atoms with E-state index in [0.29, 0.717) is 30.1 Å². The van der Waals surface area contributed by atoms with E-state index in [4.69, 9.17) is 10.6 Å². The second kappa shape index (κ2) is 9.41. The van der Waals surface area contributed by atoms with Crippen molar-refractivity contribution in [1.82, 2.24) is 9.63 Å². The Balaban J connectivity index is 1.25. The molecule has 2 N–H and O–H groups in total. The Morgan fingerprint density at radius 1 is 1.03 bits per heavy atom. The molecule has 1 aromatic heterocycles. The summed E-state index contributed by atoms with van der Waals surface area (Å²) < 4.78 is 29.7. The molecular weight excluding hydrogens is 452 g/mol. The van der Waals surface area contributed by atoms with E-state index in [2.05, 4.69) is 17.7 Å². The maximum absolute atomic E-state index is 13.7. The zero-order chi connectivity index (χ0) is 24.7. The van der Waals surface area contributed by atoms with Crippen molar-refractivity contribution in [1.29, 1.82) is 0 Å². The predicted molar refractivity (Wildman–Crippen MR) is 127 cm³/mol. The second-order valence-electron chi connectivity index (χ2n) is 9.78. The first-order valence-electron chi connectivity index (χ1n) is 12.1. The van der Waals surface area contributed by atoms with Crippen LogP contribution in [0.2, 0.25) is 0 Å². The van der Waals surface area contributed by atoms with Crippen molar-refractivity contribution < 1.29 is 23.2 Å². The van der Waals surface area contributed by atoms with E-state index in [9.17, 15) is 18.4 Å². The van der Waals surface area contributed by atoms with Crippen LogP contribution >= 0.6 is 0 Å². The number of hydroxylamine groups is 2. The van der Waals surface area contributed by atoms with Gasteiger partial charge in [-0.2, -0.15) is 0 Å². The Labute approximate surface area is 202 Å². The van der Waals surface area contributed by atoms with Crippen LogP contribution in [0.25, 0.3) is 10.9 Å². The number of primary amides is 1. The molecule has 2 amide bonds. The predicted octanol–water partition coefficient (Wildman–Crippen LogP) is 5.04. The van der Waals surface area contributed by atoms with Crippen LogP contribution in [0.5, 0.6) is 0 Å². The number of aromatic nitrogens is 1. The Hall–Kier alpha value is -3.26. The fraction of sp³-hybridized carbons (Fsp3) is 0.407. The SMILES string of the molecule is Cc1cn(CC2CCC(C(=O)N3OCC[C@H]3c3cc(F)cc(F)c3)CC2)c2cc(C(N)=O)ccc12. The molecule has 8 heteroatoms. The van der Waals surface area contributed by atoms with Crippen molar-refractivity contribution in [2.75, 3.05) is 6.61 Å². The second-order valence-corrected chi connectivity index (χ2v) is 9.78. The van der Waals surface area contributed by atoms with Crippen molar-refractivity contribution in [2.45, 2.75) is 51.6 Å². The third kappa shape index (κ3) is 4.67. The van der Waals surface area contributed by atoms with Gasteiger partial charge in [0.1, 0.15) is 11.6 Å². The molecule has 184 valence electrons. The van der Waals surface area contributed by atoms with Crippen LogP contribution in [0.3, 0.4) is 0 Å². The molecule has 0 bridgehead atoms. The van der Waals surface area contributed by atoms with Gasteiger partial charge in [-0.1, -0.05) is 6.07 Å². The van der Waals surface area contributed by atoms with Gasteiger partial charge in [0.15, 0.2) is 0 Å². The first-order valence-corrected chi connectivity index (χ1v) is 12.1. The summed E-state index contributed by atoms with van der Waals surface area (Å²) in [4.78, 5) is 30.5. The first-order chi connectivity index (χ1) is 16.8. The van der Waals surface area contributed by atoms with E-state index in [1.54, 1.807) is 6.07 Å². The Bertz CT molecular complexity index is 1260. The zero-order valence-corrected chi connectivity index (χ0v) is 19.7. The fourth-order valence-corrected chi connectivity index (χ4v) is 5.59. The molecule has 0 radical (unpaired) electrons. The van der Waals surface area contributed by atoms with Crippen LogP contribution in [-0.2, 0) is 16.2 Å². The summed E-state index contributed by atoms with van der Waals surface area (Å²) in [6, 6.07) is 8.44. The molecule has 2 aliphatic rings. The minimum atomic E-state index is -0.657. The Morgan fingerprint density at radius 3 is 2.43 bits per heavy atom. The van der Waals surface area contributed by atoms with E-state index in [1.807, 2.05) is 12.1 Å². The lowest BCUT2D eigenvalue weighted by Gasteiger charge is -2.32. The van der Waals surface area contributed by atoms with Gasteiger partial charge >= 0.3 is 0 Å². The zero-order valence-electron chi connectivity index (χ0n) is 19.7. The van der Waals surface area contributed by atoms with Crippen molar-refractivity contribution in [3.8, 4) is 0 Å². The van der Waals surface area contributed by atoms with Gasteiger partial charge in [0.2, 0.25) is 11.8 Å². The van der Waals surface area contributed by atoms with Crippen molar-refractivity contribution in [3.63, 3.8) is 0 Å². The number of rotatable bonds is 5.